The van der Waals surface area contributed by atoms with Gasteiger partial charge in [0.2, 0.25) is 0 Å². The van der Waals surface area contributed by atoms with Crippen LogP contribution in [0.1, 0.15) is 32.6 Å². The third-order valence-electron chi connectivity index (χ3n) is 5.44. The third kappa shape index (κ3) is 5.08. The molecule has 2 aliphatic heterocycles. The highest BCUT2D eigenvalue weighted by atomic mass is 19.1. The summed E-state index contributed by atoms with van der Waals surface area (Å²) in [5.41, 5.74) is 0.907. The molecule has 2 amide bonds. The van der Waals surface area contributed by atoms with Gasteiger partial charge >= 0.3 is 12.2 Å². The van der Waals surface area contributed by atoms with Crippen LogP contribution in [0.3, 0.4) is 0 Å². The average molecular weight is 404 g/mol. The fourth-order valence-corrected chi connectivity index (χ4v) is 3.95. The molecule has 2 heterocycles. The lowest BCUT2D eigenvalue weighted by atomic mass is 9.94. The monoisotopic (exact) mass is 404 g/mol. The number of hydrogen-bond donors (Lipinski definition) is 2. The van der Waals surface area contributed by atoms with Gasteiger partial charge in [-0.25, -0.2) is 14.0 Å². The maximum absolute atomic E-state index is 14.8. The van der Waals surface area contributed by atoms with Crippen molar-refractivity contribution in [1.29, 1.82) is 5.26 Å². The van der Waals surface area contributed by atoms with E-state index in [-0.39, 0.29) is 12.6 Å². The van der Waals surface area contributed by atoms with Crippen molar-refractivity contribution in [3.8, 4) is 6.07 Å². The highest BCUT2D eigenvalue weighted by molar-refractivity contribution is 5.90. The maximum atomic E-state index is 14.8. The molecule has 0 radical (unpaired) electrons. The number of benzene rings is 1. The molecule has 1 aromatic carbocycles. The number of nitrogens with one attached hydrogen (secondary N) is 1. The fourth-order valence-electron chi connectivity index (χ4n) is 3.95. The number of cyclic esters (lactones) is 1. The van der Waals surface area contributed by atoms with E-state index in [0.717, 1.165) is 12.8 Å². The molecule has 8 nitrogen and oxygen atoms in total. The Hall–Kier alpha value is -3.02. The first-order valence-corrected chi connectivity index (χ1v) is 9.76. The third-order valence-corrected chi connectivity index (χ3v) is 5.44. The van der Waals surface area contributed by atoms with Crippen molar-refractivity contribution in [1.82, 2.24) is 5.32 Å². The Morgan fingerprint density at radius 3 is 2.79 bits per heavy atom. The zero-order chi connectivity index (χ0) is 21.0. The van der Waals surface area contributed by atoms with Crippen LogP contribution < -0.4 is 15.1 Å². The second-order valence-electron chi connectivity index (χ2n) is 7.63. The summed E-state index contributed by atoms with van der Waals surface area (Å²) in [6.07, 6.45) is 0.427. The number of anilines is 2. The number of nitrogens with zero attached hydrogens (tertiary/aromatic N) is 3. The van der Waals surface area contributed by atoms with E-state index < -0.39 is 24.1 Å². The van der Waals surface area contributed by atoms with E-state index in [9.17, 15) is 14.0 Å². The summed E-state index contributed by atoms with van der Waals surface area (Å²) in [4.78, 5) is 26.2. The number of rotatable bonds is 6. The molecule has 0 spiro atoms. The predicted octanol–water partition coefficient (Wildman–Crippen LogP) is 3.33. The van der Waals surface area contributed by atoms with Gasteiger partial charge in [-0.05, 0) is 43.9 Å². The average Bonchev–Trinajstić information content (AvgIpc) is 3.02. The lowest BCUT2D eigenvalue weighted by molar-refractivity contribution is 0.130. The van der Waals surface area contributed by atoms with E-state index in [0.29, 0.717) is 43.2 Å². The zero-order valence-electron chi connectivity index (χ0n) is 16.3. The number of carboxylic acid groups (broad SMARTS) is 1. The van der Waals surface area contributed by atoms with E-state index in [4.69, 9.17) is 15.1 Å². The van der Waals surface area contributed by atoms with Gasteiger partial charge in [0.15, 0.2) is 0 Å². The van der Waals surface area contributed by atoms with Gasteiger partial charge < -0.3 is 20.1 Å². The van der Waals surface area contributed by atoms with Crippen molar-refractivity contribution >= 4 is 23.6 Å². The number of halogens is 1. The Bertz CT molecular complexity index is 804. The number of piperidine rings is 1. The number of hydrogen-bond acceptors (Lipinski definition) is 5. The number of ether oxygens (including phenoxy) is 1. The second-order valence-corrected chi connectivity index (χ2v) is 7.63. The van der Waals surface area contributed by atoms with Crippen LogP contribution in [0.4, 0.5) is 25.4 Å². The molecule has 156 valence electrons. The van der Waals surface area contributed by atoms with Crippen molar-refractivity contribution in [2.24, 2.45) is 5.92 Å². The molecule has 3 rings (SSSR count). The van der Waals surface area contributed by atoms with Gasteiger partial charge in [-0.2, -0.15) is 5.26 Å². The molecule has 0 bridgehead atoms. The normalized spacial score (nSPS) is 20.9. The molecule has 0 aromatic heterocycles. The van der Waals surface area contributed by atoms with E-state index in [2.05, 4.69) is 11.4 Å². The highest BCUT2D eigenvalue weighted by Gasteiger charge is 2.34. The molecule has 9 heteroatoms. The van der Waals surface area contributed by atoms with Crippen LogP contribution in [0.25, 0.3) is 0 Å². The number of carbonyl (C=O) groups is 2. The Morgan fingerprint density at radius 1 is 1.45 bits per heavy atom. The van der Waals surface area contributed by atoms with E-state index in [1.54, 1.807) is 19.1 Å². The van der Waals surface area contributed by atoms with Gasteiger partial charge in [-0.15, -0.1) is 0 Å². The van der Waals surface area contributed by atoms with E-state index >= 15 is 0 Å². The summed E-state index contributed by atoms with van der Waals surface area (Å²) in [6.45, 7) is 3.33. The first kappa shape index (κ1) is 20.7. The van der Waals surface area contributed by atoms with Gasteiger partial charge in [-0.1, -0.05) is 0 Å². The maximum Gasteiger partial charge on any atom is 0.414 e. The van der Waals surface area contributed by atoms with Gasteiger partial charge in [0.25, 0.3) is 0 Å². The van der Waals surface area contributed by atoms with Crippen LogP contribution in [0.5, 0.6) is 0 Å². The summed E-state index contributed by atoms with van der Waals surface area (Å²) >= 11 is 0. The van der Waals surface area contributed by atoms with E-state index in [1.807, 2.05) is 4.90 Å². The highest BCUT2D eigenvalue weighted by Crippen LogP contribution is 2.31. The van der Waals surface area contributed by atoms with Crippen LogP contribution in [-0.2, 0) is 4.74 Å². The second kappa shape index (κ2) is 8.99. The summed E-state index contributed by atoms with van der Waals surface area (Å²) in [6, 6.07) is 6.53. The van der Waals surface area contributed by atoms with Crippen LogP contribution in [0.15, 0.2) is 18.2 Å². The largest absolute Gasteiger partial charge is 0.465 e. The molecule has 0 aliphatic carbocycles. The molecule has 2 saturated heterocycles. The van der Waals surface area contributed by atoms with Crippen molar-refractivity contribution in [2.75, 3.05) is 29.4 Å². The van der Waals surface area contributed by atoms with Crippen molar-refractivity contribution in [3.05, 3.63) is 24.0 Å². The minimum absolute atomic E-state index is 0.239. The van der Waals surface area contributed by atoms with Crippen molar-refractivity contribution in [3.63, 3.8) is 0 Å². The molecule has 2 unspecified atom stereocenters. The van der Waals surface area contributed by atoms with Gasteiger partial charge in [0, 0.05) is 32.0 Å². The SMILES string of the molecule is CC(CC1CN(c2ccc(N3CCC(CC#N)CC3)c(F)c2)C(=O)O1)NC(=O)O. The smallest absolute Gasteiger partial charge is 0.414 e. The van der Waals surface area contributed by atoms with Crippen LogP contribution in [0, 0.1) is 23.1 Å². The van der Waals surface area contributed by atoms with Gasteiger partial charge in [-0.3, -0.25) is 4.90 Å². The molecule has 2 atom stereocenters. The molecule has 29 heavy (non-hydrogen) atoms. The quantitative estimate of drug-likeness (QED) is 0.753. The van der Waals surface area contributed by atoms with Crippen LogP contribution >= 0.6 is 0 Å². The molecule has 2 N–H and O–H groups in total. The van der Waals surface area contributed by atoms with Crippen LogP contribution in [-0.4, -0.2) is 49.1 Å². The molecular formula is C20H25FN4O4. The Balaban J connectivity index is 1.62. The number of carbonyl (C=O) groups excluding carboxylic acids is 1. The van der Waals surface area contributed by atoms with Crippen molar-refractivity contribution in [2.45, 2.75) is 44.8 Å². The standard InChI is InChI=1S/C20H25FN4O4/c1-13(23-19(26)27)10-16-12-25(20(28)29-16)15-2-3-18(17(21)11-15)24-8-5-14(4-7-22)6-9-24/h2-3,11,13-14,16,23H,4-6,8-10,12H2,1H3,(H,26,27). The van der Waals surface area contributed by atoms with Crippen LogP contribution in [0.2, 0.25) is 0 Å². The Kier molecular flexibility index (Phi) is 6.42. The zero-order valence-corrected chi connectivity index (χ0v) is 16.3. The molecule has 1 aromatic rings. The lowest BCUT2D eigenvalue weighted by Crippen LogP contribution is -2.35. The number of nitriles is 1. The van der Waals surface area contributed by atoms with Gasteiger partial charge in [0.1, 0.15) is 11.9 Å². The molecule has 2 fully saturated rings. The minimum atomic E-state index is -1.13. The van der Waals surface area contributed by atoms with Gasteiger partial charge in [0.05, 0.1) is 24.0 Å². The lowest BCUT2D eigenvalue weighted by Gasteiger charge is -2.33. The molecular weight excluding hydrogens is 379 g/mol. The number of amides is 2. The summed E-state index contributed by atoms with van der Waals surface area (Å²) in [5, 5.41) is 19.9. The predicted molar refractivity (Wildman–Crippen MR) is 104 cm³/mol. The first-order chi connectivity index (χ1) is 13.9. The topological polar surface area (TPSA) is 106 Å². The summed E-state index contributed by atoms with van der Waals surface area (Å²) < 4.78 is 20.1. The summed E-state index contributed by atoms with van der Waals surface area (Å²) in [5.74, 6) is -0.0358. The fraction of sp³-hybridized carbons (Fsp3) is 0.550. The first-order valence-electron chi connectivity index (χ1n) is 9.76. The summed E-state index contributed by atoms with van der Waals surface area (Å²) in [7, 11) is 0. The minimum Gasteiger partial charge on any atom is -0.465 e. The van der Waals surface area contributed by atoms with Crippen molar-refractivity contribution < 1.29 is 23.8 Å². The molecule has 0 saturated carbocycles. The Morgan fingerprint density at radius 2 is 2.17 bits per heavy atom. The molecule has 2 aliphatic rings. The van der Waals surface area contributed by atoms with E-state index in [1.165, 1.54) is 11.0 Å². The Labute approximate surface area is 168 Å².